The maximum atomic E-state index is 12.7. The molecule has 0 unspecified atom stereocenters. The highest BCUT2D eigenvalue weighted by Crippen LogP contribution is 2.48. The molecule has 42 heavy (non-hydrogen) atoms. The highest BCUT2D eigenvalue weighted by atomic mass is 31.2. The molecule has 0 radical (unpaired) electrons. The fourth-order valence-electron chi connectivity index (χ4n) is 4.84. The molecule has 0 spiro atoms. The molecule has 1 fully saturated rings. The lowest BCUT2D eigenvalue weighted by Gasteiger charge is -2.34. The van der Waals surface area contributed by atoms with Crippen molar-refractivity contribution in [2.24, 2.45) is 0 Å². The first-order valence-electron chi connectivity index (χ1n) is 15.9. The Morgan fingerprint density at radius 2 is 1.45 bits per heavy atom. The summed E-state index contributed by atoms with van der Waals surface area (Å²) in [5, 5.41) is 0. The highest BCUT2D eigenvalue weighted by molar-refractivity contribution is 7.54. The lowest BCUT2D eigenvalue weighted by atomic mass is 10.0. The Kier molecular flexibility index (Phi) is 18.8. The van der Waals surface area contributed by atoms with Crippen molar-refractivity contribution in [3.8, 4) is 11.8 Å². The lowest BCUT2D eigenvalue weighted by molar-refractivity contribution is -0.117. The van der Waals surface area contributed by atoms with E-state index in [1.54, 1.807) is 18.7 Å². The minimum atomic E-state index is -3.26. The number of amides is 1. The molecular formula is C32H58NO8P. The van der Waals surface area contributed by atoms with Crippen LogP contribution in [0.15, 0.2) is 0 Å². The number of ether oxygens (including phenoxy) is 3. The summed E-state index contributed by atoms with van der Waals surface area (Å²) in [4.78, 5) is 26.4. The van der Waals surface area contributed by atoms with Crippen molar-refractivity contribution < 1.29 is 37.4 Å². The number of ketones is 1. The van der Waals surface area contributed by atoms with Gasteiger partial charge in [-0.05, 0) is 61.3 Å². The fourth-order valence-corrected chi connectivity index (χ4v) is 6.47. The van der Waals surface area contributed by atoms with Crippen molar-refractivity contribution in [3.05, 3.63) is 0 Å². The lowest BCUT2D eigenvalue weighted by Crippen LogP contribution is -2.51. The summed E-state index contributed by atoms with van der Waals surface area (Å²) in [7, 11) is -3.26. The third kappa shape index (κ3) is 17.0. The second kappa shape index (κ2) is 20.5. The second-order valence-electron chi connectivity index (χ2n) is 12.3. The number of hydrogen-bond donors (Lipinski definition) is 0. The van der Waals surface area contributed by atoms with Crippen molar-refractivity contribution in [1.82, 2.24) is 4.90 Å². The molecule has 1 heterocycles. The number of hydrogen-bond acceptors (Lipinski definition) is 8. The van der Waals surface area contributed by atoms with Crippen molar-refractivity contribution in [3.63, 3.8) is 0 Å². The van der Waals surface area contributed by atoms with Crippen LogP contribution in [-0.2, 0) is 32.6 Å². The fraction of sp³-hybridized carbons (Fsp3) is 0.875. The Morgan fingerprint density at radius 3 is 2.00 bits per heavy atom. The van der Waals surface area contributed by atoms with E-state index in [-0.39, 0.29) is 37.3 Å². The van der Waals surface area contributed by atoms with Gasteiger partial charge in [-0.1, -0.05) is 57.3 Å². The largest absolute Gasteiger partial charge is 0.444 e. The standard InChI is InChI=1S/C32H58NO8P/c1-8-39-42(36,40-9-2)27-29(34)23-21-19-17-15-13-11-10-12-14-16-18-20-22-24-37-25-28-26-38-32(6,7)33(28)30(35)41-31(3,4)5/h28H,8-19,21,23-27H2,1-7H3/t28-/m0/s1. The molecule has 1 amide bonds. The quantitative estimate of drug-likeness (QED) is 0.0730. The van der Waals surface area contributed by atoms with E-state index in [0.29, 0.717) is 26.2 Å². The van der Waals surface area contributed by atoms with Gasteiger partial charge in [-0.15, -0.1) is 5.92 Å². The van der Waals surface area contributed by atoms with E-state index in [4.69, 9.17) is 23.3 Å². The topological polar surface area (TPSA) is 101 Å². The van der Waals surface area contributed by atoms with Crippen LogP contribution in [0.3, 0.4) is 0 Å². The summed E-state index contributed by atoms with van der Waals surface area (Å²) in [5.74, 6) is 6.24. The zero-order chi connectivity index (χ0) is 31.5. The molecule has 1 saturated heterocycles. The van der Waals surface area contributed by atoms with Crippen LogP contribution in [0.5, 0.6) is 0 Å². The van der Waals surface area contributed by atoms with Gasteiger partial charge < -0.3 is 23.3 Å². The minimum Gasteiger partial charge on any atom is -0.444 e. The van der Waals surface area contributed by atoms with E-state index in [1.165, 1.54) is 38.5 Å². The Bertz CT molecular complexity index is 879. The number of unbranched alkanes of at least 4 members (excludes halogenated alkanes) is 10. The van der Waals surface area contributed by atoms with Crippen LogP contribution in [-0.4, -0.2) is 73.3 Å². The van der Waals surface area contributed by atoms with E-state index in [0.717, 1.165) is 32.1 Å². The average Bonchev–Trinajstić information content (AvgIpc) is 3.18. The van der Waals surface area contributed by atoms with E-state index in [1.807, 2.05) is 34.6 Å². The predicted octanol–water partition coefficient (Wildman–Crippen LogP) is 7.89. The number of nitrogens with zero attached hydrogens (tertiary/aromatic N) is 1. The number of carbonyl (C=O) groups excluding carboxylic acids is 2. The molecule has 0 aromatic rings. The molecule has 244 valence electrons. The van der Waals surface area contributed by atoms with Gasteiger partial charge in [-0.25, -0.2) is 4.79 Å². The number of Topliss-reactive ketones (excluding diaryl/α,β-unsaturated/α-hetero) is 1. The normalized spacial score (nSPS) is 16.7. The van der Waals surface area contributed by atoms with Gasteiger partial charge in [-0.3, -0.25) is 14.3 Å². The summed E-state index contributed by atoms with van der Waals surface area (Å²) in [6.07, 6.45) is 12.2. The van der Waals surface area contributed by atoms with E-state index in [9.17, 15) is 14.2 Å². The van der Waals surface area contributed by atoms with Gasteiger partial charge in [0, 0.05) is 12.8 Å². The Morgan fingerprint density at radius 1 is 0.905 bits per heavy atom. The molecule has 1 aliphatic rings. The summed E-state index contributed by atoms with van der Waals surface area (Å²) < 4.78 is 39.9. The van der Waals surface area contributed by atoms with E-state index >= 15 is 0 Å². The smallest absolute Gasteiger partial charge is 0.412 e. The van der Waals surface area contributed by atoms with E-state index < -0.39 is 18.9 Å². The maximum absolute atomic E-state index is 12.7. The van der Waals surface area contributed by atoms with Gasteiger partial charge in [0.1, 0.15) is 29.9 Å². The van der Waals surface area contributed by atoms with Gasteiger partial charge in [0.05, 0.1) is 32.5 Å². The van der Waals surface area contributed by atoms with E-state index in [2.05, 4.69) is 11.8 Å². The van der Waals surface area contributed by atoms with Gasteiger partial charge in [-0.2, -0.15) is 0 Å². The van der Waals surface area contributed by atoms with Crippen LogP contribution < -0.4 is 0 Å². The Hall–Kier alpha value is -1.43. The zero-order valence-electron chi connectivity index (χ0n) is 27.5. The van der Waals surface area contributed by atoms with Crippen LogP contribution >= 0.6 is 7.60 Å². The highest BCUT2D eigenvalue weighted by Gasteiger charge is 2.45. The van der Waals surface area contributed by atoms with Crippen LogP contribution in [0.25, 0.3) is 0 Å². The Balaban J connectivity index is 2.02. The molecule has 10 heteroatoms. The first kappa shape index (κ1) is 38.6. The first-order valence-corrected chi connectivity index (χ1v) is 17.7. The molecule has 0 N–H and O–H groups in total. The third-order valence-corrected chi connectivity index (χ3v) is 8.85. The van der Waals surface area contributed by atoms with Crippen molar-refractivity contribution in [1.29, 1.82) is 0 Å². The van der Waals surface area contributed by atoms with Crippen LogP contribution in [0.1, 0.15) is 126 Å². The average molecular weight is 616 g/mol. The molecule has 9 nitrogen and oxygen atoms in total. The minimum absolute atomic E-state index is 0.0348. The molecule has 1 rings (SSSR count). The van der Waals surface area contributed by atoms with Crippen molar-refractivity contribution >= 4 is 19.5 Å². The Labute approximate surface area is 255 Å². The van der Waals surface area contributed by atoms with Crippen LogP contribution in [0.2, 0.25) is 0 Å². The predicted molar refractivity (Wildman–Crippen MR) is 167 cm³/mol. The van der Waals surface area contributed by atoms with Gasteiger partial charge >= 0.3 is 13.7 Å². The summed E-state index contributed by atoms with van der Waals surface area (Å²) >= 11 is 0. The number of carbonyl (C=O) groups is 2. The molecule has 1 aliphatic heterocycles. The summed E-state index contributed by atoms with van der Waals surface area (Å²) in [6.45, 7) is 14.5. The molecule has 0 saturated carbocycles. The van der Waals surface area contributed by atoms with Gasteiger partial charge in [0.15, 0.2) is 0 Å². The monoisotopic (exact) mass is 615 g/mol. The summed E-state index contributed by atoms with van der Waals surface area (Å²) in [5.41, 5.74) is -1.30. The molecule has 0 bridgehead atoms. The third-order valence-electron chi connectivity index (χ3n) is 6.80. The first-order chi connectivity index (χ1) is 19.8. The molecule has 0 aromatic heterocycles. The molecule has 0 aliphatic carbocycles. The second-order valence-corrected chi connectivity index (χ2v) is 14.4. The summed E-state index contributed by atoms with van der Waals surface area (Å²) in [6, 6.07) is -0.195. The molecular weight excluding hydrogens is 557 g/mol. The van der Waals surface area contributed by atoms with Gasteiger partial charge in [0.2, 0.25) is 0 Å². The van der Waals surface area contributed by atoms with Crippen molar-refractivity contribution in [2.45, 2.75) is 143 Å². The molecule has 0 aromatic carbocycles. The molecule has 1 atom stereocenters. The number of rotatable bonds is 21. The SMILES string of the molecule is CCOP(=O)(CC(=O)CCCCCCCCCCCCC#CCOC[C@H]1COC(C)(C)N1C(=O)OC(C)(C)C)OCC. The van der Waals surface area contributed by atoms with Crippen LogP contribution in [0.4, 0.5) is 4.79 Å². The zero-order valence-corrected chi connectivity index (χ0v) is 28.4. The van der Waals surface area contributed by atoms with Gasteiger partial charge in [0.25, 0.3) is 0 Å². The van der Waals surface area contributed by atoms with Crippen molar-refractivity contribution in [2.75, 3.05) is 39.2 Å². The van der Waals surface area contributed by atoms with Crippen LogP contribution in [0, 0.1) is 11.8 Å². The maximum Gasteiger partial charge on any atom is 0.412 e.